The minimum absolute atomic E-state index is 0.166. The third kappa shape index (κ3) is 4.85. The van der Waals surface area contributed by atoms with Gasteiger partial charge in [0.15, 0.2) is 0 Å². The molecule has 1 rings (SSSR count). The van der Waals surface area contributed by atoms with Gasteiger partial charge in [0.05, 0.1) is 13.0 Å². The minimum Gasteiger partial charge on any atom is -0.494 e. The maximum absolute atomic E-state index is 10.8. The Morgan fingerprint density at radius 2 is 1.85 bits per heavy atom. The van der Waals surface area contributed by atoms with Gasteiger partial charge in [-0.1, -0.05) is 12.1 Å². The molecule has 1 aromatic carbocycles. The summed E-state index contributed by atoms with van der Waals surface area (Å²) in [6, 6.07) is 8.51. The van der Waals surface area contributed by atoms with Crippen molar-refractivity contribution in [3.63, 3.8) is 0 Å². The van der Waals surface area contributed by atoms with Crippen molar-refractivity contribution in [3.05, 3.63) is 29.8 Å². The lowest BCUT2D eigenvalue weighted by atomic mass is 10.0. The van der Waals surface area contributed by atoms with E-state index in [-0.39, 0.29) is 12.5 Å². The molecule has 1 N–H and O–H groups in total. The predicted molar refractivity (Wildman–Crippen MR) is 80.1 cm³/mol. The highest BCUT2D eigenvalue weighted by molar-refractivity contribution is 5.66. The van der Waals surface area contributed by atoms with Gasteiger partial charge in [-0.15, -0.1) is 0 Å². The largest absolute Gasteiger partial charge is 0.494 e. The molecule has 0 heterocycles. The fraction of sp³-hybridized carbons (Fsp3) is 0.562. The van der Waals surface area contributed by atoms with Crippen LogP contribution in [-0.2, 0) is 4.79 Å². The van der Waals surface area contributed by atoms with Gasteiger partial charge in [0, 0.05) is 18.6 Å². The molecule has 0 radical (unpaired) electrons. The zero-order chi connectivity index (χ0) is 15.1. The summed E-state index contributed by atoms with van der Waals surface area (Å²) in [5, 5.41) is 8.85. The van der Waals surface area contributed by atoms with E-state index in [9.17, 15) is 4.79 Å². The van der Waals surface area contributed by atoms with E-state index in [1.54, 1.807) is 0 Å². The van der Waals surface area contributed by atoms with Crippen molar-refractivity contribution in [1.29, 1.82) is 0 Å². The van der Waals surface area contributed by atoms with Gasteiger partial charge in [-0.3, -0.25) is 9.69 Å². The van der Waals surface area contributed by atoms with Gasteiger partial charge >= 0.3 is 5.97 Å². The summed E-state index contributed by atoms with van der Waals surface area (Å²) in [7, 11) is 0. The molecule has 0 amide bonds. The SMILES string of the molecule is CCOc1ccc(C(C)N(CCC(=O)O)C(C)C)cc1. The maximum Gasteiger partial charge on any atom is 0.304 e. The van der Waals surface area contributed by atoms with Crippen molar-refractivity contribution < 1.29 is 14.6 Å². The molecule has 0 bridgehead atoms. The summed E-state index contributed by atoms with van der Waals surface area (Å²) in [5.41, 5.74) is 1.17. The quantitative estimate of drug-likeness (QED) is 0.793. The fourth-order valence-corrected chi connectivity index (χ4v) is 2.32. The summed E-state index contributed by atoms with van der Waals surface area (Å²) in [6.45, 7) is 9.47. The van der Waals surface area contributed by atoms with Gasteiger partial charge in [0.25, 0.3) is 0 Å². The zero-order valence-electron chi connectivity index (χ0n) is 12.8. The van der Waals surface area contributed by atoms with Crippen LogP contribution in [0.1, 0.15) is 45.7 Å². The monoisotopic (exact) mass is 279 g/mol. The third-order valence-corrected chi connectivity index (χ3v) is 3.42. The molecule has 0 aromatic heterocycles. The number of carboxylic acids is 1. The van der Waals surface area contributed by atoms with E-state index in [0.29, 0.717) is 19.2 Å². The first-order chi connectivity index (χ1) is 9.45. The number of carboxylic acid groups (broad SMARTS) is 1. The van der Waals surface area contributed by atoms with E-state index >= 15 is 0 Å². The lowest BCUT2D eigenvalue weighted by Crippen LogP contribution is -2.35. The Hall–Kier alpha value is -1.55. The first-order valence-electron chi connectivity index (χ1n) is 7.16. The number of nitrogens with zero attached hydrogens (tertiary/aromatic N) is 1. The normalized spacial score (nSPS) is 12.7. The third-order valence-electron chi connectivity index (χ3n) is 3.42. The van der Waals surface area contributed by atoms with Crippen LogP contribution >= 0.6 is 0 Å². The standard InChI is InChI=1S/C16H25NO3/c1-5-20-15-8-6-14(7-9-15)13(4)17(12(2)3)11-10-16(18)19/h6-9,12-13H,5,10-11H2,1-4H3,(H,18,19). The van der Waals surface area contributed by atoms with Gasteiger partial charge < -0.3 is 9.84 Å². The zero-order valence-corrected chi connectivity index (χ0v) is 12.8. The molecule has 0 aliphatic rings. The van der Waals surface area contributed by atoms with Crippen LogP contribution in [0.4, 0.5) is 0 Å². The average Bonchev–Trinajstić information content (AvgIpc) is 2.39. The lowest BCUT2D eigenvalue weighted by Gasteiger charge is -2.32. The number of ether oxygens (including phenoxy) is 1. The Bertz CT molecular complexity index is 414. The Morgan fingerprint density at radius 3 is 2.30 bits per heavy atom. The second-order valence-corrected chi connectivity index (χ2v) is 5.15. The number of hydrogen-bond donors (Lipinski definition) is 1. The Kier molecular flexibility index (Phi) is 6.52. The van der Waals surface area contributed by atoms with Crippen LogP contribution in [0.15, 0.2) is 24.3 Å². The highest BCUT2D eigenvalue weighted by Gasteiger charge is 2.19. The van der Waals surface area contributed by atoms with Crippen LogP contribution in [0, 0.1) is 0 Å². The van der Waals surface area contributed by atoms with Crippen LogP contribution in [0.25, 0.3) is 0 Å². The van der Waals surface area contributed by atoms with E-state index in [1.807, 2.05) is 31.2 Å². The second kappa shape index (κ2) is 7.90. The number of aliphatic carboxylic acids is 1. The summed E-state index contributed by atoms with van der Waals surface area (Å²) in [6.07, 6.45) is 0.166. The van der Waals surface area contributed by atoms with Crippen molar-refractivity contribution >= 4 is 5.97 Å². The van der Waals surface area contributed by atoms with Crippen LogP contribution in [-0.4, -0.2) is 35.2 Å². The summed E-state index contributed by atoms with van der Waals surface area (Å²) in [4.78, 5) is 13.0. The van der Waals surface area contributed by atoms with Crippen molar-refractivity contribution in [2.45, 2.75) is 46.2 Å². The van der Waals surface area contributed by atoms with Gasteiger partial charge in [-0.05, 0) is 45.4 Å². The van der Waals surface area contributed by atoms with Crippen LogP contribution < -0.4 is 4.74 Å². The van der Waals surface area contributed by atoms with Crippen molar-refractivity contribution in [2.75, 3.05) is 13.2 Å². The highest BCUT2D eigenvalue weighted by Crippen LogP contribution is 2.24. The number of benzene rings is 1. The molecule has 20 heavy (non-hydrogen) atoms. The van der Waals surface area contributed by atoms with E-state index in [2.05, 4.69) is 25.7 Å². The van der Waals surface area contributed by atoms with Crippen molar-refractivity contribution in [2.24, 2.45) is 0 Å². The number of hydrogen-bond acceptors (Lipinski definition) is 3. The van der Waals surface area contributed by atoms with Gasteiger partial charge in [-0.2, -0.15) is 0 Å². The molecule has 0 saturated carbocycles. The molecule has 0 aliphatic carbocycles. The Labute approximate surface area is 121 Å². The molecule has 0 aliphatic heterocycles. The van der Waals surface area contributed by atoms with Gasteiger partial charge in [0.2, 0.25) is 0 Å². The molecule has 1 unspecified atom stereocenters. The predicted octanol–water partition coefficient (Wildman–Crippen LogP) is 3.33. The van der Waals surface area contributed by atoms with Crippen LogP contribution in [0.3, 0.4) is 0 Å². The van der Waals surface area contributed by atoms with Gasteiger partial charge in [-0.25, -0.2) is 0 Å². The molecule has 4 heteroatoms. The molecule has 1 aromatic rings. The van der Waals surface area contributed by atoms with E-state index in [1.165, 1.54) is 5.56 Å². The van der Waals surface area contributed by atoms with E-state index < -0.39 is 5.97 Å². The Morgan fingerprint density at radius 1 is 1.25 bits per heavy atom. The molecule has 4 nitrogen and oxygen atoms in total. The molecule has 0 fully saturated rings. The molecule has 0 spiro atoms. The van der Waals surface area contributed by atoms with E-state index in [4.69, 9.17) is 9.84 Å². The summed E-state index contributed by atoms with van der Waals surface area (Å²) < 4.78 is 5.44. The van der Waals surface area contributed by atoms with E-state index in [0.717, 1.165) is 5.75 Å². The maximum atomic E-state index is 10.8. The number of rotatable bonds is 8. The summed E-state index contributed by atoms with van der Waals surface area (Å²) >= 11 is 0. The minimum atomic E-state index is -0.755. The molecule has 0 saturated heterocycles. The van der Waals surface area contributed by atoms with Crippen molar-refractivity contribution in [3.8, 4) is 5.75 Å². The lowest BCUT2D eigenvalue weighted by molar-refractivity contribution is -0.137. The topological polar surface area (TPSA) is 49.8 Å². The van der Waals surface area contributed by atoms with Crippen LogP contribution in [0.2, 0.25) is 0 Å². The molecular weight excluding hydrogens is 254 g/mol. The average molecular weight is 279 g/mol. The molecular formula is C16H25NO3. The van der Waals surface area contributed by atoms with Crippen LogP contribution in [0.5, 0.6) is 5.75 Å². The first kappa shape index (κ1) is 16.5. The summed E-state index contributed by atoms with van der Waals surface area (Å²) in [5.74, 6) is 0.111. The fourth-order valence-electron chi connectivity index (χ4n) is 2.32. The van der Waals surface area contributed by atoms with Crippen molar-refractivity contribution in [1.82, 2.24) is 4.90 Å². The molecule has 1 atom stereocenters. The Balaban J connectivity index is 2.77. The smallest absolute Gasteiger partial charge is 0.304 e. The highest BCUT2D eigenvalue weighted by atomic mass is 16.5. The second-order valence-electron chi connectivity index (χ2n) is 5.15. The number of carbonyl (C=O) groups is 1. The van der Waals surface area contributed by atoms with Gasteiger partial charge in [0.1, 0.15) is 5.75 Å². The molecule has 112 valence electrons. The first-order valence-corrected chi connectivity index (χ1v) is 7.16.